The lowest BCUT2D eigenvalue weighted by molar-refractivity contribution is -0.152. The summed E-state index contributed by atoms with van der Waals surface area (Å²) in [5.74, 6) is -3.65. The highest BCUT2D eigenvalue weighted by molar-refractivity contribution is 6.04. The number of hydrogen-bond acceptors (Lipinski definition) is 7. The first kappa shape index (κ1) is 24.9. The molecule has 0 aromatic heterocycles. The second-order valence-electron chi connectivity index (χ2n) is 8.64. The second kappa shape index (κ2) is 10.2. The van der Waals surface area contributed by atoms with Gasteiger partial charge in [-0.05, 0) is 37.1 Å². The molecule has 186 valence electrons. The molecule has 1 amide bonds. The summed E-state index contributed by atoms with van der Waals surface area (Å²) in [5, 5.41) is 9.69. The van der Waals surface area contributed by atoms with E-state index in [1.807, 2.05) is 30.3 Å². The van der Waals surface area contributed by atoms with Crippen LogP contribution in [-0.4, -0.2) is 56.4 Å². The molecule has 2 heterocycles. The van der Waals surface area contributed by atoms with Crippen LogP contribution in [0.25, 0.3) is 0 Å². The minimum absolute atomic E-state index is 0.120. The van der Waals surface area contributed by atoms with Crippen molar-refractivity contribution in [1.29, 1.82) is 5.26 Å². The third-order valence-corrected chi connectivity index (χ3v) is 6.48. The Bertz CT molecular complexity index is 1260. The van der Waals surface area contributed by atoms with Gasteiger partial charge in [0.05, 0.1) is 22.9 Å². The smallest absolute Gasteiger partial charge is 0.309 e. The molecular formula is C26H24F2N4O4. The van der Waals surface area contributed by atoms with Crippen molar-refractivity contribution < 1.29 is 27.9 Å². The van der Waals surface area contributed by atoms with E-state index in [9.17, 15) is 28.4 Å². The summed E-state index contributed by atoms with van der Waals surface area (Å²) in [5.41, 5.74) is 1.33. The molecule has 8 nitrogen and oxygen atoms in total. The van der Waals surface area contributed by atoms with E-state index in [4.69, 9.17) is 4.74 Å². The molecule has 0 bridgehead atoms. The first-order chi connectivity index (χ1) is 17.2. The number of benzene rings is 2. The number of likely N-dealkylation sites (tertiary alicyclic amines) is 1. The summed E-state index contributed by atoms with van der Waals surface area (Å²) in [6.07, 6.45) is 0.545. The molecule has 1 saturated heterocycles. The number of para-hydroxylation sites is 2. The number of esters is 1. The van der Waals surface area contributed by atoms with Crippen LogP contribution in [0.15, 0.2) is 53.9 Å². The van der Waals surface area contributed by atoms with E-state index in [2.05, 4.69) is 0 Å². The number of nitriles is 1. The van der Waals surface area contributed by atoms with Gasteiger partial charge in [0.1, 0.15) is 29.1 Å². The maximum absolute atomic E-state index is 13.9. The molecule has 10 heteroatoms. The van der Waals surface area contributed by atoms with Crippen molar-refractivity contribution in [3.05, 3.63) is 71.1 Å². The van der Waals surface area contributed by atoms with Crippen LogP contribution in [0.2, 0.25) is 0 Å². The summed E-state index contributed by atoms with van der Waals surface area (Å²) in [6, 6.07) is 12.2. The Morgan fingerprint density at radius 1 is 1.03 bits per heavy atom. The number of hydrogen-bond donors (Lipinski definition) is 0. The summed E-state index contributed by atoms with van der Waals surface area (Å²) in [4.78, 5) is 42.8. The lowest BCUT2D eigenvalue weighted by Crippen LogP contribution is -2.41. The van der Waals surface area contributed by atoms with E-state index in [-0.39, 0.29) is 37.1 Å². The van der Waals surface area contributed by atoms with Crippen LogP contribution in [0.3, 0.4) is 0 Å². The minimum Gasteiger partial charge on any atom is -0.457 e. The lowest BCUT2D eigenvalue weighted by atomic mass is 9.96. The number of fused-ring (bicyclic) bond motifs is 1. The van der Waals surface area contributed by atoms with Crippen molar-refractivity contribution in [2.75, 3.05) is 43.6 Å². The van der Waals surface area contributed by atoms with Gasteiger partial charge in [-0.25, -0.2) is 8.78 Å². The average Bonchev–Trinajstić information content (AvgIpc) is 3.13. The van der Waals surface area contributed by atoms with E-state index >= 15 is 0 Å². The monoisotopic (exact) mass is 494 g/mol. The van der Waals surface area contributed by atoms with Crippen LogP contribution >= 0.6 is 0 Å². The number of amides is 1. The molecule has 0 saturated carbocycles. The van der Waals surface area contributed by atoms with Crippen molar-refractivity contribution in [2.45, 2.75) is 12.8 Å². The summed E-state index contributed by atoms with van der Waals surface area (Å²) in [7, 11) is 3.50. The average molecular weight is 494 g/mol. The number of carbonyl (C=O) groups excluding carboxylic acids is 3. The maximum Gasteiger partial charge on any atom is 0.309 e. The third-order valence-electron chi connectivity index (χ3n) is 6.48. The predicted octanol–water partition coefficient (Wildman–Crippen LogP) is 3.25. The highest BCUT2D eigenvalue weighted by atomic mass is 19.1. The Morgan fingerprint density at radius 3 is 2.19 bits per heavy atom. The molecule has 2 aliphatic rings. The van der Waals surface area contributed by atoms with Gasteiger partial charge in [0.25, 0.3) is 5.91 Å². The number of ketones is 1. The third kappa shape index (κ3) is 4.64. The number of halogens is 2. The van der Waals surface area contributed by atoms with Gasteiger partial charge in [-0.15, -0.1) is 0 Å². The quantitative estimate of drug-likeness (QED) is 0.358. The highest BCUT2D eigenvalue weighted by Gasteiger charge is 2.33. The SMILES string of the molecule is CN1C(=C(C#N)C(=O)COC(=O)C2CCN(C(=O)c3ccc(F)cc3F)CC2)N(C)c2ccccc21. The largest absolute Gasteiger partial charge is 0.457 e. The fourth-order valence-electron chi connectivity index (χ4n) is 4.54. The Balaban J connectivity index is 1.35. The minimum atomic E-state index is -0.941. The molecule has 36 heavy (non-hydrogen) atoms. The van der Waals surface area contributed by atoms with E-state index in [0.717, 1.165) is 23.5 Å². The number of carbonyl (C=O) groups is 3. The molecule has 2 aromatic rings. The van der Waals surface area contributed by atoms with Crippen LogP contribution in [0.4, 0.5) is 20.2 Å². The van der Waals surface area contributed by atoms with Gasteiger partial charge in [-0.1, -0.05) is 12.1 Å². The van der Waals surface area contributed by atoms with Crippen LogP contribution in [0, 0.1) is 28.9 Å². The predicted molar refractivity (Wildman–Crippen MR) is 127 cm³/mol. The number of piperidine rings is 1. The molecule has 0 spiro atoms. The zero-order valence-electron chi connectivity index (χ0n) is 19.8. The van der Waals surface area contributed by atoms with Crippen LogP contribution < -0.4 is 9.80 Å². The van der Waals surface area contributed by atoms with Crippen molar-refractivity contribution >= 4 is 29.0 Å². The van der Waals surface area contributed by atoms with Gasteiger partial charge in [0, 0.05) is 33.3 Å². The van der Waals surface area contributed by atoms with Crippen LogP contribution in [0.5, 0.6) is 0 Å². The van der Waals surface area contributed by atoms with E-state index in [0.29, 0.717) is 11.9 Å². The van der Waals surface area contributed by atoms with Gasteiger partial charge >= 0.3 is 5.97 Å². The van der Waals surface area contributed by atoms with Gasteiger partial charge in [0.15, 0.2) is 6.61 Å². The van der Waals surface area contributed by atoms with Crippen molar-refractivity contribution in [2.24, 2.45) is 5.92 Å². The van der Waals surface area contributed by atoms with Crippen LogP contribution in [0.1, 0.15) is 23.2 Å². The Hall–Kier alpha value is -4.26. The molecule has 0 radical (unpaired) electrons. The number of anilines is 2. The summed E-state index contributed by atoms with van der Waals surface area (Å²) < 4.78 is 32.3. The van der Waals surface area contributed by atoms with Gasteiger partial charge in [0.2, 0.25) is 5.78 Å². The standard InChI is InChI=1S/C26H24F2N4O4/c1-30-21-5-3-4-6-22(21)31(2)24(30)19(14-29)23(33)15-36-26(35)16-9-11-32(12-10-16)25(34)18-8-7-17(27)13-20(18)28/h3-8,13,16H,9-12,15H2,1-2H3. The number of rotatable bonds is 5. The van der Waals surface area contributed by atoms with E-state index in [1.165, 1.54) is 4.90 Å². The van der Waals surface area contributed by atoms with E-state index in [1.54, 1.807) is 23.9 Å². The molecular weight excluding hydrogens is 470 g/mol. The fraction of sp³-hybridized carbons (Fsp3) is 0.308. The van der Waals surface area contributed by atoms with Gasteiger partial charge < -0.3 is 19.4 Å². The molecule has 1 fully saturated rings. The van der Waals surface area contributed by atoms with Gasteiger partial charge in [-0.2, -0.15) is 5.26 Å². The van der Waals surface area contributed by atoms with Gasteiger partial charge in [-0.3, -0.25) is 14.4 Å². The maximum atomic E-state index is 13.9. The topological polar surface area (TPSA) is 94.0 Å². The number of ether oxygens (including phenoxy) is 1. The Morgan fingerprint density at radius 2 is 1.64 bits per heavy atom. The fourth-order valence-corrected chi connectivity index (χ4v) is 4.54. The van der Waals surface area contributed by atoms with Crippen molar-refractivity contribution in [3.8, 4) is 6.07 Å². The molecule has 0 N–H and O–H groups in total. The lowest BCUT2D eigenvalue weighted by Gasteiger charge is -2.31. The second-order valence-corrected chi connectivity index (χ2v) is 8.64. The molecule has 2 aromatic carbocycles. The molecule has 0 atom stereocenters. The summed E-state index contributed by atoms with van der Waals surface area (Å²) in [6.45, 7) is -0.210. The first-order valence-electron chi connectivity index (χ1n) is 11.4. The van der Waals surface area contributed by atoms with E-state index < -0.39 is 41.8 Å². The Kier molecular flexibility index (Phi) is 7.01. The number of nitrogens with zero attached hydrogens (tertiary/aromatic N) is 4. The van der Waals surface area contributed by atoms with Crippen molar-refractivity contribution in [3.63, 3.8) is 0 Å². The molecule has 0 unspecified atom stereocenters. The molecule has 2 aliphatic heterocycles. The molecule has 4 rings (SSSR count). The van der Waals surface area contributed by atoms with Crippen molar-refractivity contribution in [1.82, 2.24) is 4.90 Å². The zero-order valence-corrected chi connectivity index (χ0v) is 19.8. The first-order valence-corrected chi connectivity index (χ1v) is 11.4. The molecule has 0 aliphatic carbocycles. The normalized spacial score (nSPS) is 15.4. The number of Topliss-reactive ketones (excluding diaryl/α,β-unsaturated/α-hetero) is 1. The highest BCUT2D eigenvalue weighted by Crippen LogP contribution is 2.40. The Labute approximate surface area is 206 Å². The van der Waals surface area contributed by atoms with Crippen LogP contribution in [-0.2, 0) is 14.3 Å². The zero-order chi connectivity index (χ0) is 26.0. The summed E-state index contributed by atoms with van der Waals surface area (Å²) >= 11 is 0.